The van der Waals surface area contributed by atoms with Crippen molar-refractivity contribution in [3.8, 4) is 10.6 Å². The van der Waals surface area contributed by atoms with Crippen molar-refractivity contribution >= 4 is 39.6 Å². The Balaban J connectivity index is 1.51. The lowest BCUT2D eigenvalue weighted by Gasteiger charge is -2.00. The monoisotopic (exact) mass is 447 g/mol. The summed E-state index contributed by atoms with van der Waals surface area (Å²) in [6.45, 7) is 6.06. The summed E-state index contributed by atoms with van der Waals surface area (Å²) in [5.41, 5.74) is 0.865. The Labute approximate surface area is 183 Å². The summed E-state index contributed by atoms with van der Waals surface area (Å²) in [6, 6.07) is 3.98. The van der Waals surface area contributed by atoms with Gasteiger partial charge in [0.2, 0.25) is 17.7 Å². The van der Waals surface area contributed by atoms with Crippen molar-refractivity contribution in [1.82, 2.24) is 20.4 Å². The van der Waals surface area contributed by atoms with Crippen molar-refractivity contribution in [2.24, 2.45) is 0 Å². The molecule has 0 saturated carbocycles. The Kier molecular flexibility index (Phi) is 7.69. The fourth-order valence-corrected chi connectivity index (χ4v) is 4.69. The highest BCUT2D eigenvalue weighted by molar-refractivity contribution is 7.18. The first-order chi connectivity index (χ1) is 14.4. The number of carbonyl (C=O) groups is 2. The zero-order chi connectivity index (χ0) is 21.5. The van der Waals surface area contributed by atoms with Gasteiger partial charge in [-0.1, -0.05) is 12.1 Å². The Hall–Kier alpha value is -2.59. The molecular weight excluding hydrogens is 422 g/mol. The number of aryl methyl sites for hydroxylation is 3. The fraction of sp³-hybridized carbons (Fsp3) is 0.450. The highest BCUT2D eigenvalue weighted by Gasteiger charge is 2.14. The maximum absolute atomic E-state index is 12.3. The molecule has 10 heteroatoms. The van der Waals surface area contributed by atoms with Gasteiger partial charge in [0.15, 0.2) is 11.0 Å². The highest BCUT2D eigenvalue weighted by atomic mass is 32.1. The van der Waals surface area contributed by atoms with Gasteiger partial charge in [0.25, 0.3) is 0 Å². The molecule has 0 aliphatic rings. The van der Waals surface area contributed by atoms with E-state index in [-0.39, 0.29) is 11.8 Å². The van der Waals surface area contributed by atoms with Crippen molar-refractivity contribution in [2.45, 2.75) is 59.4 Å². The Bertz CT molecular complexity index is 1010. The van der Waals surface area contributed by atoms with Crippen LogP contribution in [0.15, 0.2) is 16.7 Å². The molecule has 0 unspecified atom stereocenters. The summed E-state index contributed by atoms with van der Waals surface area (Å²) in [7, 11) is 0. The predicted octanol–water partition coefficient (Wildman–Crippen LogP) is 4.11. The second kappa shape index (κ2) is 10.4. The van der Waals surface area contributed by atoms with E-state index < -0.39 is 0 Å². The molecular formula is C20H25N5O3S2. The number of hydrogen-bond acceptors (Lipinski definition) is 8. The number of rotatable bonds is 10. The van der Waals surface area contributed by atoms with Crippen LogP contribution in [0.25, 0.3) is 10.6 Å². The third-order valence-electron chi connectivity index (χ3n) is 4.23. The van der Waals surface area contributed by atoms with Crippen LogP contribution in [0.3, 0.4) is 0 Å². The fourth-order valence-electron chi connectivity index (χ4n) is 2.79. The van der Waals surface area contributed by atoms with Crippen LogP contribution in [0, 0.1) is 6.92 Å². The van der Waals surface area contributed by atoms with Crippen molar-refractivity contribution in [3.05, 3.63) is 33.6 Å². The maximum atomic E-state index is 12.3. The molecule has 0 bridgehead atoms. The molecule has 0 spiro atoms. The lowest BCUT2D eigenvalue weighted by Crippen LogP contribution is -2.17. The number of nitrogens with zero attached hydrogens (tertiary/aromatic N) is 3. The van der Waals surface area contributed by atoms with E-state index in [1.807, 2.05) is 19.1 Å². The normalized spacial score (nSPS) is 10.9. The first kappa shape index (κ1) is 22.1. The van der Waals surface area contributed by atoms with Gasteiger partial charge in [-0.15, -0.1) is 22.7 Å². The minimum absolute atomic E-state index is 0.0553. The maximum Gasteiger partial charge on any atom is 0.226 e. The lowest BCUT2D eigenvalue weighted by atomic mass is 10.2. The van der Waals surface area contributed by atoms with Crippen molar-refractivity contribution in [2.75, 3.05) is 5.32 Å². The van der Waals surface area contributed by atoms with E-state index in [0.29, 0.717) is 36.8 Å². The third-order valence-corrected chi connectivity index (χ3v) is 6.21. The highest BCUT2D eigenvalue weighted by Crippen LogP contribution is 2.34. The van der Waals surface area contributed by atoms with E-state index in [9.17, 15) is 9.59 Å². The molecule has 0 aromatic carbocycles. The smallest absolute Gasteiger partial charge is 0.226 e. The van der Waals surface area contributed by atoms with E-state index in [0.717, 1.165) is 39.0 Å². The molecule has 0 radical (unpaired) electrons. The summed E-state index contributed by atoms with van der Waals surface area (Å²) in [4.78, 5) is 35.3. The molecule has 3 rings (SSSR count). The minimum Gasteiger partial charge on any atom is -0.351 e. The molecule has 3 aromatic rings. The quantitative estimate of drug-likeness (QED) is 0.484. The molecule has 2 N–H and O–H groups in total. The molecule has 3 heterocycles. The number of amides is 2. The number of carbonyl (C=O) groups excluding carboxylic acids is 2. The SMILES string of the molecule is CCCc1noc(CCCC(=O)Nc2nc(-c3ccc(CNC(C)=O)s3)c(C)s2)n1. The van der Waals surface area contributed by atoms with E-state index in [1.165, 1.54) is 18.3 Å². The Morgan fingerprint density at radius 1 is 1.17 bits per heavy atom. The van der Waals surface area contributed by atoms with Gasteiger partial charge in [-0.05, 0) is 31.9 Å². The number of thiophene rings is 1. The molecule has 0 saturated heterocycles. The van der Waals surface area contributed by atoms with Crippen LogP contribution >= 0.6 is 22.7 Å². The van der Waals surface area contributed by atoms with Crippen LogP contribution in [-0.2, 0) is 29.0 Å². The van der Waals surface area contributed by atoms with Crippen LogP contribution in [-0.4, -0.2) is 26.9 Å². The van der Waals surface area contributed by atoms with Crippen molar-refractivity contribution in [1.29, 1.82) is 0 Å². The van der Waals surface area contributed by atoms with Gasteiger partial charge in [-0.25, -0.2) is 4.98 Å². The van der Waals surface area contributed by atoms with E-state index in [1.54, 1.807) is 11.3 Å². The first-order valence-electron chi connectivity index (χ1n) is 9.87. The zero-order valence-electron chi connectivity index (χ0n) is 17.3. The Morgan fingerprint density at radius 2 is 2.00 bits per heavy atom. The Morgan fingerprint density at radius 3 is 2.77 bits per heavy atom. The zero-order valence-corrected chi connectivity index (χ0v) is 18.9. The molecule has 0 atom stereocenters. The number of thiazole rings is 1. The second-order valence-electron chi connectivity index (χ2n) is 6.86. The average molecular weight is 448 g/mol. The van der Waals surface area contributed by atoms with Crippen LogP contribution in [0.4, 0.5) is 5.13 Å². The second-order valence-corrected chi connectivity index (χ2v) is 9.23. The molecule has 2 amide bonds. The van der Waals surface area contributed by atoms with E-state index >= 15 is 0 Å². The molecule has 30 heavy (non-hydrogen) atoms. The van der Waals surface area contributed by atoms with Gasteiger partial charge in [0, 0.05) is 35.9 Å². The van der Waals surface area contributed by atoms with Gasteiger partial charge >= 0.3 is 0 Å². The molecule has 8 nitrogen and oxygen atoms in total. The van der Waals surface area contributed by atoms with E-state index in [4.69, 9.17) is 4.52 Å². The van der Waals surface area contributed by atoms with Crippen LogP contribution in [0.5, 0.6) is 0 Å². The summed E-state index contributed by atoms with van der Waals surface area (Å²) < 4.78 is 5.19. The topological polar surface area (TPSA) is 110 Å². The van der Waals surface area contributed by atoms with Gasteiger partial charge < -0.3 is 15.2 Å². The van der Waals surface area contributed by atoms with Crippen LogP contribution in [0.1, 0.15) is 54.6 Å². The molecule has 0 aliphatic carbocycles. The van der Waals surface area contributed by atoms with Gasteiger partial charge in [0.1, 0.15) is 0 Å². The first-order valence-corrected chi connectivity index (χ1v) is 11.5. The summed E-state index contributed by atoms with van der Waals surface area (Å²) in [6.07, 6.45) is 3.35. The van der Waals surface area contributed by atoms with Crippen LogP contribution in [0.2, 0.25) is 0 Å². The number of aromatic nitrogens is 3. The molecule has 0 fully saturated rings. The molecule has 160 valence electrons. The van der Waals surface area contributed by atoms with Gasteiger partial charge in [0.05, 0.1) is 17.1 Å². The predicted molar refractivity (Wildman–Crippen MR) is 118 cm³/mol. The molecule has 3 aromatic heterocycles. The van der Waals surface area contributed by atoms with E-state index in [2.05, 4.69) is 32.7 Å². The number of anilines is 1. The summed E-state index contributed by atoms with van der Waals surface area (Å²) in [5, 5.41) is 10.2. The third kappa shape index (κ3) is 6.20. The van der Waals surface area contributed by atoms with Crippen molar-refractivity contribution < 1.29 is 14.1 Å². The average Bonchev–Trinajstić information content (AvgIpc) is 3.41. The minimum atomic E-state index is -0.0823. The van der Waals surface area contributed by atoms with Crippen molar-refractivity contribution in [3.63, 3.8) is 0 Å². The summed E-state index contributed by atoms with van der Waals surface area (Å²) in [5.74, 6) is 1.16. The van der Waals surface area contributed by atoms with Gasteiger partial charge in [-0.3, -0.25) is 9.59 Å². The molecule has 0 aliphatic heterocycles. The summed E-state index contributed by atoms with van der Waals surface area (Å²) >= 11 is 3.04. The van der Waals surface area contributed by atoms with Gasteiger partial charge in [-0.2, -0.15) is 4.98 Å². The lowest BCUT2D eigenvalue weighted by molar-refractivity contribution is -0.119. The standard InChI is InChI=1S/C20H25N5O3S2/c1-4-6-16-22-18(28-25-16)8-5-7-17(27)23-20-24-19(12(2)29-20)15-10-9-14(30-15)11-21-13(3)26/h9-10H,4-8,11H2,1-3H3,(H,21,26)(H,23,24,27). The number of hydrogen-bond donors (Lipinski definition) is 2. The largest absolute Gasteiger partial charge is 0.351 e. The number of nitrogens with one attached hydrogen (secondary N) is 2. The van der Waals surface area contributed by atoms with Crippen LogP contribution < -0.4 is 10.6 Å².